The molecule has 1 aromatic carbocycles. The smallest absolute Gasteiger partial charge is 0.317 e. The molecule has 0 bridgehead atoms. The molecule has 126 valence electrons. The van der Waals surface area contributed by atoms with Gasteiger partial charge in [-0.25, -0.2) is 9.18 Å². The van der Waals surface area contributed by atoms with Crippen LogP contribution in [0.1, 0.15) is 11.7 Å². The third-order valence-corrected chi connectivity index (χ3v) is 4.24. The summed E-state index contributed by atoms with van der Waals surface area (Å²) in [5, 5.41) is 2.95. The first-order valence-corrected chi connectivity index (χ1v) is 7.70. The number of morpholine rings is 1. The summed E-state index contributed by atoms with van der Waals surface area (Å²) in [4.78, 5) is 14.1. The van der Waals surface area contributed by atoms with E-state index in [1.807, 2.05) is 0 Å². The Kier molecular flexibility index (Phi) is 5.09. The summed E-state index contributed by atoms with van der Waals surface area (Å²) in [5.74, 6) is -0.286. The maximum atomic E-state index is 13.0. The van der Waals surface area contributed by atoms with Crippen LogP contribution in [0.4, 0.5) is 9.18 Å². The molecule has 3 rings (SSSR count). The van der Waals surface area contributed by atoms with Crippen LogP contribution in [0.15, 0.2) is 24.3 Å². The van der Waals surface area contributed by atoms with Gasteiger partial charge < -0.3 is 24.4 Å². The number of carbonyl (C=O) groups is 1. The SMILES string of the molecule is CO[C@@H]1COC[C@@H]1NC(=O)N1CCOC(c2ccc(F)cc2)C1. The first kappa shape index (κ1) is 16.2. The monoisotopic (exact) mass is 324 g/mol. The van der Waals surface area contributed by atoms with Gasteiger partial charge in [0.15, 0.2) is 0 Å². The van der Waals surface area contributed by atoms with Gasteiger partial charge >= 0.3 is 6.03 Å². The number of methoxy groups -OCH3 is 1. The van der Waals surface area contributed by atoms with Crippen molar-refractivity contribution in [2.24, 2.45) is 0 Å². The zero-order valence-corrected chi connectivity index (χ0v) is 13.0. The molecule has 0 spiro atoms. The molecule has 2 amide bonds. The fraction of sp³-hybridized carbons (Fsp3) is 0.562. The van der Waals surface area contributed by atoms with Gasteiger partial charge in [0.1, 0.15) is 18.0 Å². The van der Waals surface area contributed by atoms with Gasteiger partial charge in [0.2, 0.25) is 0 Å². The Morgan fingerprint density at radius 1 is 1.35 bits per heavy atom. The molecule has 2 aliphatic heterocycles. The fourth-order valence-corrected chi connectivity index (χ4v) is 2.86. The van der Waals surface area contributed by atoms with Crippen molar-refractivity contribution in [1.82, 2.24) is 10.2 Å². The van der Waals surface area contributed by atoms with E-state index >= 15 is 0 Å². The second-order valence-electron chi connectivity index (χ2n) is 5.72. The molecule has 2 fully saturated rings. The number of urea groups is 1. The average molecular weight is 324 g/mol. The molecular weight excluding hydrogens is 303 g/mol. The lowest BCUT2D eigenvalue weighted by Gasteiger charge is -2.34. The lowest BCUT2D eigenvalue weighted by molar-refractivity contribution is -0.0164. The number of carbonyl (C=O) groups excluding carboxylic acids is 1. The zero-order chi connectivity index (χ0) is 16.2. The molecule has 1 aromatic rings. The molecule has 0 aromatic heterocycles. The Bertz CT molecular complexity index is 539. The minimum absolute atomic E-state index is 0.118. The normalized spacial score (nSPS) is 27.9. The van der Waals surface area contributed by atoms with Crippen molar-refractivity contribution in [2.75, 3.05) is 40.0 Å². The highest BCUT2D eigenvalue weighted by Gasteiger charge is 2.32. The van der Waals surface area contributed by atoms with Crippen LogP contribution in [-0.2, 0) is 14.2 Å². The van der Waals surface area contributed by atoms with Gasteiger partial charge in [-0.2, -0.15) is 0 Å². The van der Waals surface area contributed by atoms with Crippen LogP contribution in [0, 0.1) is 5.82 Å². The van der Waals surface area contributed by atoms with Crippen molar-refractivity contribution in [2.45, 2.75) is 18.2 Å². The summed E-state index contributed by atoms with van der Waals surface area (Å²) in [6, 6.07) is 5.88. The maximum Gasteiger partial charge on any atom is 0.317 e. The highest BCUT2D eigenvalue weighted by Crippen LogP contribution is 2.22. The predicted octanol–water partition coefficient (Wildman–Crippen LogP) is 1.32. The van der Waals surface area contributed by atoms with Gasteiger partial charge in [-0.15, -0.1) is 0 Å². The lowest BCUT2D eigenvalue weighted by atomic mass is 10.1. The van der Waals surface area contributed by atoms with Gasteiger partial charge in [-0.1, -0.05) is 12.1 Å². The van der Waals surface area contributed by atoms with Gasteiger partial charge in [0, 0.05) is 13.7 Å². The number of benzene rings is 1. The van der Waals surface area contributed by atoms with E-state index in [0.717, 1.165) is 5.56 Å². The molecule has 23 heavy (non-hydrogen) atoms. The van der Waals surface area contributed by atoms with E-state index in [2.05, 4.69) is 5.32 Å². The summed E-state index contributed by atoms with van der Waals surface area (Å²) in [6.07, 6.45) is -0.360. The minimum Gasteiger partial charge on any atom is -0.377 e. The van der Waals surface area contributed by atoms with E-state index < -0.39 is 0 Å². The van der Waals surface area contributed by atoms with E-state index in [4.69, 9.17) is 14.2 Å². The second kappa shape index (κ2) is 7.25. The first-order chi connectivity index (χ1) is 11.2. The van der Waals surface area contributed by atoms with Crippen LogP contribution >= 0.6 is 0 Å². The standard InChI is InChI=1S/C16H21FN2O4/c1-21-15-10-22-9-13(15)18-16(20)19-6-7-23-14(8-19)11-2-4-12(17)5-3-11/h2-5,13-15H,6-10H2,1H3,(H,18,20)/t13-,14?,15+/m0/s1. The molecule has 0 saturated carbocycles. The predicted molar refractivity (Wildman–Crippen MR) is 80.6 cm³/mol. The molecule has 2 aliphatic rings. The average Bonchev–Trinajstić information content (AvgIpc) is 3.03. The van der Waals surface area contributed by atoms with Crippen molar-refractivity contribution >= 4 is 6.03 Å². The van der Waals surface area contributed by atoms with E-state index in [1.165, 1.54) is 12.1 Å². The Balaban J connectivity index is 1.59. The number of amides is 2. The quantitative estimate of drug-likeness (QED) is 0.911. The number of hydrogen-bond acceptors (Lipinski definition) is 4. The van der Waals surface area contributed by atoms with Crippen molar-refractivity contribution in [3.63, 3.8) is 0 Å². The molecule has 2 saturated heterocycles. The molecule has 1 N–H and O–H groups in total. The number of hydrogen-bond donors (Lipinski definition) is 1. The summed E-state index contributed by atoms with van der Waals surface area (Å²) >= 11 is 0. The number of rotatable bonds is 3. The Hall–Kier alpha value is -1.70. The van der Waals surface area contributed by atoms with Crippen LogP contribution in [0.3, 0.4) is 0 Å². The van der Waals surface area contributed by atoms with Crippen LogP contribution < -0.4 is 5.32 Å². The highest BCUT2D eigenvalue weighted by atomic mass is 19.1. The molecule has 2 heterocycles. The highest BCUT2D eigenvalue weighted by molar-refractivity contribution is 5.74. The van der Waals surface area contributed by atoms with E-state index in [-0.39, 0.29) is 30.1 Å². The van der Waals surface area contributed by atoms with Gasteiger partial charge in [-0.3, -0.25) is 0 Å². The Labute approximate surface area is 134 Å². The number of nitrogens with one attached hydrogen (secondary N) is 1. The van der Waals surface area contributed by atoms with Crippen molar-refractivity contribution in [3.05, 3.63) is 35.6 Å². The van der Waals surface area contributed by atoms with Gasteiger partial charge in [-0.05, 0) is 17.7 Å². The van der Waals surface area contributed by atoms with Gasteiger partial charge in [0.25, 0.3) is 0 Å². The molecule has 0 aliphatic carbocycles. The summed E-state index contributed by atoms with van der Waals surface area (Å²) in [6.45, 7) is 2.35. The van der Waals surface area contributed by atoms with Gasteiger partial charge in [0.05, 0.1) is 32.4 Å². The first-order valence-electron chi connectivity index (χ1n) is 7.70. The summed E-state index contributed by atoms with van der Waals surface area (Å²) < 4.78 is 29.3. The second-order valence-corrected chi connectivity index (χ2v) is 5.72. The zero-order valence-electron chi connectivity index (χ0n) is 13.0. The third kappa shape index (κ3) is 3.80. The molecule has 6 nitrogen and oxygen atoms in total. The molecule has 0 radical (unpaired) electrons. The van der Waals surface area contributed by atoms with Crippen molar-refractivity contribution in [3.8, 4) is 0 Å². The summed E-state index contributed by atoms with van der Waals surface area (Å²) in [5.41, 5.74) is 0.864. The largest absolute Gasteiger partial charge is 0.377 e. The molecule has 1 unspecified atom stereocenters. The van der Waals surface area contributed by atoms with Crippen molar-refractivity contribution < 1.29 is 23.4 Å². The minimum atomic E-state index is -0.286. The van der Waals surface area contributed by atoms with Crippen LogP contribution in [0.25, 0.3) is 0 Å². The van der Waals surface area contributed by atoms with Crippen LogP contribution in [0.5, 0.6) is 0 Å². The fourth-order valence-electron chi connectivity index (χ4n) is 2.86. The van der Waals surface area contributed by atoms with Crippen LogP contribution in [-0.4, -0.2) is 63.1 Å². The summed E-state index contributed by atoms with van der Waals surface area (Å²) in [7, 11) is 1.61. The van der Waals surface area contributed by atoms with E-state index in [1.54, 1.807) is 24.1 Å². The van der Waals surface area contributed by atoms with Crippen molar-refractivity contribution in [1.29, 1.82) is 0 Å². The Morgan fingerprint density at radius 3 is 2.87 bits per heavy atom. The van der Waals surface area contributed by atoms with E-state index in [9.17, 15) is 9.18 Å². The lowest BCUT2D eigenvalue weighted by Crippen LogP contribution is -2.52. The Morgan fingerprint density at radius 2 is 2.13 bits per heavy atom. The molecule has 7 heteroatoms. The number of halogens is 1. The third-order valence-electron chi connectivity index (χ3n) is 4.24. The van der Waals surface area contributed by atoms with Crippen LogP contribution in [0.2, 0.25) is 0 Å². The maximum absolute atomic E-state index is 13.0. The number of ether oxygens (including phenoxy) is 3. The number of nitrogens with zero attached hydrogens (tertiary/aromatic N) is 1. The topological polar surface area (TPSA) is 60.0 Å². The molecule has 3 atom stereocenters. The molecular formula is C16H21FN2O4. The van der Waals surface area contributed by atoms with E-state index in [0.29, 0.717) is 32.9 Å².